The minimum Gasteiger partial charge on any atom is -0.456 e. The Labute approximate surface area is 229 Å². The second-order valence-corrected chi connectivity index (χ2v) is 10.4. The van der Waals surface area contributed by atoms with Crippen LogP contribution in [0.5, 0.6) is 0 Å². The first-order valence-corrected chi connectivity index (χ1v) is 13.6. The van der Waals surface area contributed by atoms with Gasteiger partial charge in [-0.2, -0.15) is 0 Å². The van der Waals surface area contributed by atoms with Crippen LogP contribution in [0.3, 0.4) is 0 Å². The van der Waals surface area contributed by atoms with E-state index in [9.17, 15) is 0 Å². The Bertz CT molecular complexity index is 2350. The van der Waals surface area contributed by atoms with Gasteiger partial charge in [-0.3, -0.25) is 0 Å². The van der Waals surface area contributed by atoms with Crippen molar-refractivity contribution in [1.29, 1.82) is 0 Å². The molecule has 9 rings (SSSR count). The van der Waals surface area contributed by atoms with Crippen LogP contribution in [-0.2, 0) is 0 Å². The molecule has 0 N–H and O–H groups in total. The molecule has 0 saturated carbocycles. The monoisotopic (exact) mass is 510 g/mol. The van der Waals surface area contributed by atoms with Crippen molar-refractivity contribution in [3.05, 3.63) is 133 Å². The van der Waals surface area contributed by atoms with E-state index >= 15 is 0 Å². The molecule has 0 aliphatic carbocycles. The van der Waals surface area contributed by atoms with Gasteiger partial charge in [0.25, 0.3) is 0 Å². The number of furan rings is 2. The first kappa shape index (κ1) is 21.6. The van der Waals surface area contributed by atoms with Crippen molar-refractivity contribution < 1.29 is 8.83 Å². The molecule has 2 heteroatoms. The lowest BCUT2D eigenvalue weighted by atomic mass is 9.86. The van der Waals surface area contributed by atoms with Crippen LogP contribution in [0.15, 0.2) is 142 Å². The lowest BCUT2D eigenvalue weighted by molar-refractivity contribution is 0.633. The summed E-state index contributed by atoms with van der Waals surface area (Å²) in [4.78, 5) is 0. The molecular formula is C38H22O2. The first-order valence-electron chi connectivity index (χ1n) is 13.6. The zero-order chi connectivity index (χ0) is 26.2. The number of para-hydroxylation sites is 1. The largest absolute Gasteiger partial charge is 0.456 e. The summed E-state index contributed by atoms with van der Waals surface area (Å²) in [5.41, 5.74) is 6.26. The minimum absolute atomic E-state index is 0.888. The second kappa shape index (κ2) is 8.08. The first-order chi connectivity index (χ1) is 19.8. The summed E-state index contributed by atoms with van der Waals surface area (Å²) in [6, 6.07) is 47.1. The zero-order valence-electron chi connectivity index (χ0n) is 21.5. The van der Waals surface area contributed by atoms with Crippen molar-refractivity contribution in [2.75, 3.05) is 0 Å². The van der Waals surface area contributed by atoms with E-state index in [-0.39, 0.29) is 0 Å². The highest BCUT2D eigenvalue weighted by molar-refractivity contribution is 6.26. The Kier molecular flexibility index (Phi) is 4.36. The van der Waals surface area contributed by atoms with E-state index in [4.69, 9.17) is 8.83 Å². The molecule has 0 amide bonds. The van der Waals surface area contributed by atoms with Crippen molar-refractivity contribution in [3.63, 3.8) is 0 Å². The molecule has 0 unspecified atom stereocenters. The molecular weight excluding hydrogens is 488 g/mol. The molecule has 2 nitrogen and oxygen atoms in total. The predicted octanol–water partition coefficient (Wildman–Crippen LogP) is 11.1. The van der Waals surface area contributed by atoms with Gasteiger partial charge in [0.15, 0.2) is 0 Å². The normalized spacial score (nSPS) is 12.0. The van der Waals surface area contributed by atoms with Crippen molar-refractivity contribution >= 4 is 65.2 Å². The highest BCUT2D eigenvalue weighted by Crippen LogP contribution is 2.48. The van der Waals surface area contributed by atoms with Gasteiger partial charge in [-0.05, 0) is 62.3 Å². The van der Waals surface area contributed by atoms with Crippen molar-refractivity contribution in [2.45, 2.75) is 0 Å². The summed E-state index contributed by atoms with van der Waals surface area (Å²) in [7, 11) is 0. The predicted molar refractivity (Wildman–Crippen MR) is 167 cm³/mol. The second-order valence-electron chi connectivity index (χ2n) is 10.4. The fourth-order valence-electron chi connectivity index (χ4n) is 6.55. The topological polar surface area (TPSA) is 26.3 Å². The summed E-state index contributed by atoms with van der Waals surface area (Å²) in [6.07, 6.45) is 0. The molecule has 0 bridgehead atoms. The van der Waals surface area contributed by atoms with Gasteiger partial charge in [0.05, 0.1) is 0 Å². The summed E-state index contributed by atoms with van der Waals surface area (Å²) in [5, 5.41) is 10.4. The van der Waals surface area contributed by atoms with Gasteiger partial charge in [0.2, 0.25) is 0 Å². The van der Waals surface area contributed by atoms with Crippen molar-refractivity contribution in [3.8, 4) is 22.5 Å². The Hall–Kier alpha value is -5.34. The van der Waals surface area contributed by atoms with Crippen molar-refractivity contribution in [1.82, 2.24) is 0 Å². The third kappa shape index (κ3) is 2.93. The zero-order valence-corrected chi connectivity index (χ0v) is 21.5. The maximum Gasteiger partial charge on any atom is 0.143 e. The molecule has 7 aromatic carbocycles. The maximum atomic E-state index is 6.56. The Balaban J connectivity index is 1.45. The third-order valence-electron chi connectivity index (χ3n) is 8.26. The number of fused-ring (bicyclic) bond motifs is 8. The fraction of sp³-hybridized carbons (Fsp3) is 0. The molecule has 0 aliphatic heterocycles. The van der Waals surface area contributed by atoms with Gasteiger partial charge in [-0.1, -0.05) is 109 Å². The average molecular weight is 511 g/mol. The Morgan fingerprint density at radius 3 is 1.70 bits per heavy atom. The molecule has 9 aromatic rings. The standard InChI is InChI=1S/C38H22O2/c1-3-12-25-23(10-1)20-21-31-37-30(17-9-19-33(37)40-38(25)31)35-26-13-4-6-15-28(26)36(29-16-7-5-14-27(29)35)34-22-24-11-2-8-18-32(24)39-34/h1-22H. The average Bonchev–Trinajstić information content (AvgIpc) is 3.61. The van der Waals surface area contributed by atoms with Gasteiger partial charge in [0, 0.05) is 27.1 Å². The lowest BCUT2D eigenvalue weighted by Gasteiger charge is -2.17. The summed E-state index contributed by atoms with van der Waals surface area (Å²) < 4.78 is 13.0. The van der Waals surface area contributed by atoms with Crippen LogP contribution in [0, 0.1) is 0 Å². The molecule has 0 fully saturated rings. The SMILES string of the molecule is c1ccc2oc(-c3c4ccccc4c(-c4cccc5oc6c7ccccc7ccc6c45)c4ccccc34)cc2c1. The highest BCUT2D eigenvalue weighted by atomic mass is 16.3. The molecule has 0 atom stereocenters. The van der Waals surface area contributed by atoms with E-state index in [1.54, 1.807) is 0 Å². The summed E-state index contributed by atoms with van der Waals surface area (Å²) in [5.74, 6) is 0.888. The molecule has 2 aromatic heterocycles. The van der Waals surface area contributed by atoms with Crippen LogP contribution in [0.4, 0.5) is 0 Å². The van der Waals surface area contributed by atoms with Crippen LogP contribution in [0.2, 0.25) is 0 Å². The van der Waals surface area contributed by atoms with E-state index < -0.39 is 0 Å². The van der Waals surface area contributed by atoms with Gasteiger partial charge in [-0.15, -0.1) is 0 Å². The van der Waals surface area contributed by atoms with Crippen LogP contribution in [0.1, 0.15) is 0 Å². The molecule has 2 heterocycles. The molecule has 0 spiro atoms. The van der Waals surface area contributed by atoms with E-state index in [0.717, 1.165) is 49.6 Å². The molecule has 40 heavy (non-hydrogen) atoms. The van der Waals surface area contributed by atoms with E-state index in [1.165, 1.54) is 38.1 Å². The van der Waals surface area contributed by atoms with Gasteiger partial charge < -0.3 is 8.83 Å². The van der Waals surface area contributed by atoms with Crippen LogP contribution >= 0.6 is 0 Å². The molecule has 0 saturated heterocycles. The molecule has 186 valence electrons. The van der Waals surface area contributed by atoms with E-state index in [1.807, 2.05) is 12.1 Å². The Morgan fingerprint density at radius 2 is 0.975 bits per heavy atom. The number of benzene rings is 7. The summed E-state index contributed by atoms with van der Waals surface area (Å²) >= 11 is 0. The fourth-order valence-corrected chi connectivity index (χ4v) is 6.55. The third-order valence-corrected chi connectivity index (χ3v) is 8.26. The smallest absolute Gasteiger partial charge is 0.143 e. The highest BCUT2D eigenvalue weighted by Gasteiger charge is 2.22. The van der Waals surface area contributed by atoms with Gasteiger partial charge in [-0.25, -0.2) is 0 Å². The van der Waals surface area contributed by atoms with Crippen LogP contribution in [-0.4, -0.2) is 0 Å². The van der Waals surface area contributed by atoms with Crippen molar-refractivity contribution in [2.24, 2.45) is 0 Å². The lowest BCUT2D eigenvalue weighted by Crippen LogP contribution is -1.90. The number of rotatable bonds is 2. The van der Waals surface area contributed by atoms with Gasteiger partial charge >= 0.3 is 0 Å². The minimum atomic E-state index is 0.888. The quantitative estimate of drug-likeness (QED) is 0.216. The molecule has 0 aliphatic rings. The summed E-state index contributed by atoms with van der Waals surface area (Å²) in [6.45, 7) is 0. The number of hydrogen-bond donors (Lipinski definition) is 0. The number of hydrogen-bond acceptors (Lipinski definition) is 2. The van der Waals surface area contributed by atoms with Gasteiger partial charge in [0.1, 0.15) is 22.5 Å². The maximum absolute atomic E-state index is 6.56. The molecule has 0 radical (unpaired) electrons. The van der Waals surface area contributed by atoms with Crippen LogP contribution < -0.4 is 0 Å². The van der Waals surface area contributed by atoms with E-state index in [0.29, 0.717) is 0 Å². The van der Waals surface area contributed by atoms with Crippen LogP contribution in [0.25, 0.3) is 87.7 Å². The van der Waals surface area contributed by atoms with E-state index in [2.05, 4.69) is 121 Å². The Morgan fingerprint density at radius 1 is 0.375 bits per heavy atom.